The van der Waals surface area contributed by atoms with Gasteiger partial charge in [0.15, 0.2) is 34.5 Å². The first-order valence-corrected chi connectivity index (χ1v) is 18.1. The number of ether oxygens (including phenoxy) is 11. The van der Waals surface area contributed by atoms with Crippen molar-refractivity contribution in [2.75, 3.05) is 56.4 Å². The van der Waals surface area contributed by atoms with Gasteiger partial charge in [0.05, 0.1) is 68.6 Å². The molecule has 0 amide bonds. The molecule has 11 unspecified atom stereocenters. The summed E-state index contributed by atoms with van der Waals surface area (Å²) in [6.45, 7) is 5.29. The van der Waals surface area contributed by atoms with Crippen LogP contribution in [0, 0.1) is 11.8 Å². The Morgan fingerprint density at radius 2 is 1.00 bits per heavy atom. The molecule has 0 radical (unpaired) electrons. The Kier molecular flexibility index (Phi) is 13.9. The molecule has 0 bridgehead atoms. The molecule has 2 heterocycles. The van der Waals surface area contributed by atoms with Gasteiger partial charge in [0.25, 0.3) is 0 Å². The van der Waals surface area contributed by atoms with E-state index in [0.29, 0.717) is 34.3 Å². The van der Waals surface area contributed by atoms with E-state index in [4.69, 9.17) is 52.1 Å². The lowest BCUT2D eigenvalue weighted by atomic mass is 9.85. The van der Waals surface area contributed by atoms with E-state index in [1.807, 2.05) is 24.3 Å². The lowest BCUT2D eigenvalue weighted by Crippen LogP contribution is -2.60. The van der Waals surface area contributed by atoms with Crippen LogP contribution in [-0.2, 0) is 9.47 Å². The second-order valence-corrected chi connectivity index (χ2v) is 13.7. The molecule has 5 rings (SSSR count). The molecular formula is C40H54O16. The van der Waals surface area contributed by atoms with Gasteiger partial charge < -0.3 is 77.6 Å². The molecule has 0 spiro atoms. The summed E-state index contributed by atoms with van der Waals surface area (Å²) in [6.07, 6.45) is -10.4. The molecular weight excluding hydrogens is 736 g/mol. The minimum Gasteiger partial charge on any atom is -0.493 e. The summed E-state index contributed by atoms with van der Waals surface area (Å²) in [5.41, 5.74) is 2.00. The molecule has 16 heteroatoms. The van der Waals surface area contributed by atoms with Gasteiger partial charge in [0.2, 0.25) is 23.5 Å². The van der Waals surface area contributed by atoms with E-state index < -0.39 is 49.5 Å². The Labute approximate surface area is 326 Å². The van der Waals surface area contributed by atoms with Gasteiger partial charge in [-0.15, -0.1) is 0 Å². The standard InChI is InChI=1S/C40H54O16/c1-18-19(2)36(55-35(18)22-13-24(46-4)37(52-10)25(14-22)47-5)23-15-28(50-8)38(29(16-23)51-9)53-20(3)31(42)21-11-26(48-6)39(27(12-21)49-7)56-40-34(45)33(44)32(43)30(17-41)54-40/h11-16,18-20,30-36,40-45H,17H2,1-10H3. The molecule has 5 N–H and O–H groups in total. The topological polar surface area (TPSA) is 203 Å². The maximum Gasteiger partial charge on any atom is 0.229 e. The maximum absolute atomic E-state index is 11.6. The van der Waals surface area contributed by atoms with Crippen LogP contribution in [0.3, 0.4) is 0 Å². The van der Waals surface area contributed by atoms with Crippen LogP contribution >= 0.6 is 0 Å². The van der Waals surface area contributed by atoms with E-state index in [1.54, 1.807) is 28.3 Å². The van der Waals surface area contributed by atoms with E-state index in [0.717, 1.165) is 11.1 Å². The Morgan fingerprint density at radius 1 is 0.571 bits per heavy atom. The van der Waals surface area contributed by atoms with Crippen molar-refractivity contribution in [1.82, 2.24) is 0 Å². The quantitative estimate of drug-likeness (QED) is 0.141. The van der Waals surface area contributed by atoms with Gasteiger partial charge in [-0.05, 0) is 71.8 Å². The van der Waals surface area contributed by atoms with Crippen molar-refractivity contribution in [2.24, 2.45) is 11.8 Å². The Hall–Kier alpha value is -4.42. The van der Waals surface area contributed by atoms with E-state index in [-0.39, 0.29) is 47.0 Å². The molecule has 3 aromatic rings. The van der Waals surface area contributed by atoms with Crippen LogP contribution in [0.4, 0.5) is 0 Å². The summed E-state index contributed by atoms with van der Waals surface area (Å²) in [6, 6.07) is 10.4. The highest BCUT2D eigenvalue weighted by Gasteiger charge is 2.46. The summed E-state index contributed by atoms with van der Waals surface area (Å²) < 4.78 is 63.9. The van der Waals surface area contributed by atoms with Gasteiger partial charge in [-0.1, -0.05) is 13.8 Å². The van der Waals surface area contributed by atoms with Gasteiger partial charge in [0.1, 0.15) is 36.6 Å². The first kappa shape index (κ1) is 42.7. The van der Waals surface area contributed by atoms with Crippen LogP contribution in [0.5, 0.6) is 51.7 Å². The number of aliphatic hydroxyl groups excluding tert-OH is 5. The number of hydrogen-bond donors (Lipinski definition) is 5. The zero-order valence-corrected chi connectivity index (χ0v) is 33.2. The maximum atomic E-state index is 11.6. The molecule has 2 aliphatic rings. The first-order chi connectivity index (χ1) is 26.8. The molecule has 0 aromatic heterocycles. The van der Waals surface area contributed by atoms with E-state index in [2.05, 4.69) is 13.8 Å². The third kappa shape index (κ3) is 8.18. The fraction of sp³-hybridized carbons (Fsp3) is 0.550. The van der Waals surface area contributed by atoms with Crippen molar-refractivity contribution < 1.29 is 77.6 Å². The molecule has 2 fully saturated rings. The SMILES string of the molecule is COc1cc(C2OC(c3cc(OC)c(OC(C)C(O)c4cc(OC)c(OC5OC(CO)C(O)C(O)C5O)c(OC)c4)c(OC)c3)C(C)C2C)cc(OC)c1OC. The Bertz CT molecular complexity index is 1710. The second kappa shape index (κ2) is 18.2. The summed E-state index contributed by atoms with van der Waals surface area (Å²) in [4.78, 5) is 0. The molecule has 56 heavy (non-hydrogen) atoms. The highest BCUT2D eigenvalue weighted by atomic mass is 16.7. The van der Waals surface area contributed by atoms with Gasteiger partial charge in [-0.3, -0.25) is 0 Å². The predicted molar refractivity (Wildman–Crippen MR) is 200 cm³/mol. The van der Waals surface area contributed by atoms with Gasteiger partial charge in [-0.2, -0.15) is 0 Å². The molecule has 11 atom stereocenters. The van der Waals surface area contributed by atoms with E-state index >= 15 is 0 Å². The van der Waals surface area contributed by atoms with Crippen molar-refractivity contribution in [2.45, 2.75) is 75.9 Å². The largest absolute Gasteiger partial charge is 0.493 e. The monoisotopic (exact) mass is 790 g/mol. The molecule has 0 aliphatic carbocycles. The highest BCUT2D eigenvalue weighted by Crippen LogP contribution is 2.53. The van der Waals surface area contributed by atoms with E-state index in [1.165, 1.54) is 40.6 Å². The van der Waals surface area contributed by atoms with Crippen molar-refractivity contribution in [1.29, 1.82) is 0 Å². The lowest BCUT2D eigenvalue weighted by Gasteiger charge is -2.39. The first-order valence-electron chi connectivity index (χ1n) is 18.1. The molecule has 310 valence electrons. The van der Waals surface area contributed by atoms with Crippen molar-refractivity contribution >= 4 is 0 Å². The number of rotatable bonds is 16. The van der Waals surface area contributed by atoms with Crippen molar-refractivity contribution in [3.63, 3.8) is 0 Å². The second-order valence-electron chi connectivity index (χ2n) is 13.7. The lowest BCUT2D eigenvalue weighted by molar-refractivity contribution is -0.277. The van der Waals surface area contributed by atoms with Gasteiger partial charge >= 0.3 is 0 Å². The zero-order chi connectivity index (χ0) is 41.0. The number of methoxy groups -OCH3 is 7. The molecule has 3 aromatic carbocycles. The van der Waals surface area contributed by atoms with Gasteiger partial charge in [0, 0.05) is 0 Å². The normalized spacial score (nSPS) is 27.2. The fourth-order valence-corrected chi connectivity index (χ4v) is 7.16. The fourth-order valence-electron chi connectivity index (χ4n) is 7.16. The Balaban J connectivity index is 1.39. The van der Waals surface area contributed by atoms with Crippen LogP contribution in [0.2, 0.25) is 0 Å². The molecule has 0 saturated carbocycles. The van der Waals surface area contributed by atoms with Crippen LogP contribution in [0.1, 0.15) is 55.8 Å². The van der Waals surface area contributed by atoms with Gasteiger partial charge in [-0.25, -0.2) is 0 Å². The van der Waals surface area contributed by atoms with Crippen molar-refractivity contribution in [3.8, 4) is 51.7 Å². The average molecular weight is 791 g/mol. The number of aliphatic hydroxyl groups is 5. The number of hydrogen-bond acceptors (Lipinski definition) is 16. The Morgan fingerprint density at radius 3 is 1.41 bits per heavy atom. The zero-order valence-electron chi connectivity index (χ0n) is 33.2. The predicted octanol–water partition coefficient (Wildman–Crippen LogP) is 3.51. The summed E-state index contributed by atoms with van der Waals surface area (Å²) in [7, 11) is 10.5. The van der Waals surface area contributed by atoms with Crippen LogP contribution < -0.4 is 42.6 Å². The summed E-state index contributed by atoms with van der Waals surface area (Å²) in [5, 5.41) is 52.1. The number of benzene rings is 3. The average Bonchev–Trinajstić information content (AvgIpc) is 3.52. The van der Waals surface area contributed by atoms with Crippen LogP contribution in [0.25, 0.3) is 0 Å². The highest BCUT2D eigenvalue weighted by molar-refractivity contribution is 5.57. The third-order valence-electron chi connectivity index (χ3n) is 10.6. The molecule has 2 aliphatic heterocycles. The molecule has 2 saturated heterocycles. The van der Waals surface area contributed by atoms with E-state index in [9.17, 15) is 25.5 Å². The minimum atomic E-state index is -1.67. The minimum absolute atomic E-state index is 0.0204. The third-order valence-corrected chi connectivity index (χ3v) is 10.6. The smallest absolute Gasteiger partial charge is 0.229 e. The van der Waals surface area contributed by atoms with Crippen molar-refractivity contribution in [3.05, 3.63) is 53.1 Å². The summed E-state index contributed by atoms with van der Waals surface area (Å²) >= 11 is 0. The van der Waals surface area contributed by atoms with Crippen LogP contribution in [0.15, 0.2) is 36.4 Å². The summed E-state index contributed by atoms with van der Waals surface area (Å²) in [5.74, 6) is 2.85. The van der Waals surface area contributed by atoms with Crippen LogP contribution in [-0.4, -0.2) is 119 Å². The molecule has 16 nitrogen and oxygen atoms in total.